The second-order valence-corrected chi connectivity index (χ2v) is 4.33. The minimum Gasteiger partial charge on any atom is -0.323 e. The fourth-order valence-corrected chi connectivity index (χ4v) is 1.69. The summed E-state index contributed by atoms with van der Waals surface area (Å²) < 4.78 is 37.9. The number of aromatic nitrogens is 2. The van der Waals surface area contributed by atoms with Crippen molar-refractivity contribution in [1.29, 1.82) is 0 Å². The first-order valence-corrected chi connectivity index (χ1v) is 5.27. The predicted molar refractivity (Wildman–Crippen MR) is 52.9 cm³/mol. The van der Waals surface area contributed by atoms with Gasteiger partial charge in [0.2, 0.25) is 0 Å². The Balaban J connectivity index is 2.26. The van der Waals surface area contributed by atoms with Gasteiger partial charge in [0.05, 0.1) is 11.4 Å². The van der Waals surface area contributed by atoms with E-state index in [9.17, 15) is 13.2 Å². The van der Waals surface area contributed by atoms with Gasteiger partial charge >= 0.3 is 6.18 Å². The molecule has 2 rings (SSSR count). The highest BCUT2D eigenvalue weighted by Gasteiger charge is 2.32. The Morgan fingerprint density at radius 1 is 1.56 bits per heavy atom. The maximum Gasteiger partial charge on any atom is 0.408 e. The minimum absolute atomic E-state index is 0.340. The number of hydrogen-bond acceptors (Lipinski definition) is 2. The van der Waals surface area contributed by atoms with Crippen LogP contribution in [0.4, 0.5) is 13.2 Å². The smallest absolute Gasteiger partial charge is 0.323 e. The highest BCUT2D eigenvalue weighted by Crippen LogP contribution is 2.40. The van der Waals surface area contributed by atoms with Crippen LogP contribution in [0, 0.1) is 0 Å². The lowest BCUT2D eigenvalue weighted by molar-refractivity contribution is -0.143. The van der Waals surface area contributed by atoms with E-state index in [0.29, 0.717) is 11.6 Å². The zero-order chi connectivity index (χ0) is 11.9. The molecule has 6 heteroatoms. The normalized spacial score (nSPS) is 18.8. The summed E-state index contributed by atoms with van der Waals surface area (Å²) >= 11 is 0. The van der Waals surface area contributed by atoms with Crippen molar-refractivity contribution in [3.8, 4) is 0 Å². The Morgan fingerprint density at radius 2 is 2.19 bits per heavy atom. The summed E-state index contributed by atoms with van der Waals surface area (Å²) in [6.07, 6.45) is -2.22. The predicted octanol–water partition coefficient (Wildman–Crippen LogP) is 2.34. The summed E-state index contributed by atoms with van der Waals surface area (Å²) in [4.78, 5) is 0. The maximum absolute atomic E-state index is 12.3. The van der Waals surface area contributed by atoms with Crippen molar-refractivity contribution in [2.45, 2.75) is 44.4 Å². The fraction of sp³-hybridized carbons (Fsp3) is 0.700. The number of alkyl halides is 3. The first kappa shape index (κ1) is 11.4. The molecular formula is C10H14F3N3. The van der Waals surface area contributed by atoms with Gasteiger partial charge in [0.15, 0.2) is 0 Å². The standard InChI is InChI=1S/C10H14F3N3/c1-6(14)9-4-8(7-2-3-7)15-16(9)5-10(11,12)13/h4,6-7H,2-3,5,14H2,1H3/t6-/m1/s1. The molecule has 16 heavy (non-hydrogen) atoms. The Kier molecular flexibility index (Phi) is 2.69. The number of rotatable bonds is 3. The molecule has 1 aromatic rings. The summed E-state index contributed by atoms with van der Waals surface area (Å²) in [6, 6.07) is 1.27. The van der Waals surface area contributed by atoms with Crippen molar-refractivity contribution >= 4 is 0 Å². The number of halogens is 3. The molecular weight excluding hydrogens is 219 g/mol. The Hall–Kier alpha value is -1.04. The van der Waals surface area contributed by atoms with Crippen LogP contribution in [-0.4, -0.2) is 16.0 Å². The molecule has 0 bridgehead atoms. The molecule has 0 spiro atoms. The molecule has 0 amide bonds. The molecule has 1 fully saturated rings. The third-order valence-electron chi connectivity index (χ3n) is 2.62. The van der Waals surface area contributed by atoms with Crippen LogP contribution in [0.3, 0.4) is 0 Å². The van der Waals surface area contributed by atoms with Crippen LogP contribution >= 0.6 is 0 Å². The maximum atomic E-state index is 12.3. The summed E-state index contributed by atoms with van der Waals surface area (Å²) in [5, 5.41) is 4.00. The van der Waals surface area contributed by atoms with E-state index in [1.165, 1.54) is 0 Å². The lowest BCUT2D eigenvalue weighted by Crippen LogP contribution is -2.22. The second-order valence-electron chi connectivity index (χ2n) is 4.33. The van der Waals surface area contributed by atoms with Crippen molar-refractivity contribution in [3.63, 3.8) is 0 Å². The van der Waals surface area contributed by atoms with Crippen LogP contribution in [0.1, 0.15) is 43.1 Å². The van der Waals surface area contributed by atoms with E-state index in [1.807, 2.05) is 0 Å². The zero-order valence-electron chi connectivity index (χ0n) is 8.96. The van der Waals surface area contributed by atoms with Crippen LogP contribution < -0.4 is 5.73 Å². The highest BCUT2D eigenvalue weighted by atomic mass is 19.4. The summed E-state index contributed by atoms with van der Waals surface area (Å²) in [7, 11) is 0. The van der Waals surface area contributed by atoms with Crippen LogP contribution in [0.15, 0.2) is 6.07 Å². The van der Waals surface area contributed by atoms with Gasteiger partial charge < -0.3 is 5.73 Å². The average Bonchev–Trinajstić information content (AvgIpc) is 2.86. The third kappa shape index (κ3) is 2.55. The third-order valence-corrected chi connectivity index (χ3v) is 2.62. The van der Waals surface area contributed by atoms with Crippen LogP contribution in [0.2, 0.25) is 0 Å². The summed E-state index contributed by atoms with van der Waals surface area (Å²) in [5.74, 6) is 0.340. The highest BCUT2D eigenvalue weighted by molar-refractivity contribution is 5.20. The zero-order valence-corrected chi connectivity index (χ0v) is 8.96. The van der Waals surface area contributed by atoms with Gasteiger partial charge in [-0.2, -0.15) is 18.3 Å². The van der Waals surface area contributed by atoms with Crippen LogP contribution in [0.25, 0.3) is 0 Å². The monoisotopic (exact) mass is 233 g/mol. The fourth-order valence-electron chi connectivity index (χ4n) is 1.69. The molecule has 2 N–H and O–H groups in total. The lowest BCUT2D eigenvalue weighted by Gasteiger charge is -2.11. The van der Waals surface area contributed by atoms with E-state index in [2.05, 4.69) is 5.10 Å². The largest absolute Gasteiger partial charge is 0.408 e. The molecule has 1 aliphatic carbocycles. The van der Waals surface area contributed by atoms with E-state index in [-0.39, 0.29) is 0 Å². The first-order valence-electron chi connectivity index (χ1n) is 5.27. The topological polar surface area (TPSA) is 43.8 Å². The van der Waals surface area contributed by atoms with Gasteiger partial charge in [0.25, 0.3) is 0 Å². The van der Waals surface area contributed by atoms with Gasteiger partial charge in [-0.25, -0.2) is 0 Å². The minimum atomic E-state index is -4.25. The van der Waals surface area contributed by atoms with Gasteiger partial charge in [-0.05, 0) is 25.8 Å². The van der Waals surface area contributed by atoms with Crippen LogP contribution in [0.5, 0.6) is 0 Å². The van der Waals surface area contributed by atoms with Gasteiger partial charge in [0.1, 0.15) is 6.54 Å². The molecule has 1 aliphatic rings. The van der Waals surface area contributed by atoms with Crippen molar-refractivity contribution in [1.82, 2.24) is 9.78 Å². The summed E-state index contributed by atoms with van der Waals surface area (Å²) in [5.41, 5.74) is 6.84. The molecule has 1 heterocycles. The molecule has 3 nitrogen and oxygen atoms in total. The van der Waals surface area contributed by atoms with Crippen molar-refractivity contribution in [3.05, 3.63) is 17.5 Å². The van der Waals surface area contributed by atoms with E-state index >= 15 is 0 Å². The Morgan fingerprint density at radius 3 is 2.62 bits per heavy atom. The molecule has 0 unspecified atom stereocenters. The molecule has 1 aromatic heterocycles. The first-order chi connectivity index (χ1) is 7.37. The Labute approximate surface area is 91.4 Å². The van der Waals surface area contributed by atoms with Gasteiger partial charge in [-0.1, -0.05) is 0 Å². The molecule has 1 saturated carbocycles. The lowest BCUT2D eigenvalue weighted by atomic mass is 10.2. The van der Waals surface area contributed by atoms with E-state index in [4.69, 9.17) is 5.73 Å². The van der Waals surface area contributed by atoms with E-state index in [1.54, 1.807) is 13.0 Å². The quantitative estimate of drug-likeness (QED) is 0.870. The molecule has 0 radical (unpaired) electrons. The van der Waals surface area contributed by atoms with Crippen molar-refractivity contribution < 1.29 is 13.2 Å². The number of nitrogens with two attached hydrogens (primary N) is 1. The van der Waals surface area contributed by atoms with Gasteiger partial charge in [-0.15, -0.1) is 0 Å². The van der Waals surface area contributed by atoms with E-state index < -0.39 is 18.8 Å². The van der Waals surface area contributed by atoms with Crippen molar-refractivity contribution in [2.75, 3.05) is 0 Å². The number of nitrogens with zero attached hydrogens (tertiary/aromatic N) is 2. The summed E-state index contributed by atoms with van der Waals surface area (Å²) in [6.45, 7) is 0.608. The molecule has 0 aromatic carbocycles. The van der Waals surface area contributed by atoms with E-state index in [0.717, 1.165) is 23.2 Å². The average molecular weight is 233 g/mol. The van der Waals surface area contributed by atoms with Gasteiger partial charge in [-0.3, -0.25) is 4.68 Å². The second kappa shape index (κ2) is 3.76. The number of hydrogen-bond donors (Lipinski definition) is 1. The molecule has 1 atom stereocenters. The molecule has 0 saturated heterocycles. The molecule has 0 aliphatic heterocycles. The van der Waals surface area contributed by atoms with Gasteiger partial charge in [0, 0.05) is 12.0 Å². The Bertz CT molecular complexity index is 377. The van der Waals surface area contributed by atoms with Crippen LogP contribution in [-0.2, 0) is 6.54 Å². The SMILES string of the molecule is C[C@@H](N)c1cc(C2CC2)nn1CC(F)(F)F. The van der Waals surface area contributed by atoms with Crippen molar-refractivity contribution in [2.24, 2.45) is 5.73 Å². The molecule has 90 valence electrons.